The first-order valence-electron chi connectivity index (χ1n) is 8.59. The smallest absolute Gasteiger partial charge is 0.276 e. The Bertz CT molecular complexity index is 1450. The van der Waals surface area contributed by atoms with Gasteiger partial charge in [-0.15, -0.1) is 11.3 Å². The summed E-state index contributed by atoms with van der Waals surface area (Å²) in [6.45, 7) is 3.69. The number of carbonyl (C=O) groups excluding carboxylic acids is 1. The highest BCUT2D eigenvalue weighted by Crippen LogP contribution is 2.43. The van der Waals surface area contributed by atoms with Gasteiger partial charge >= 0.3 is 0 Å². The summed E-state index contributed by atoms with van der Waals surface area (Å²) in [6.07, 6.45) is 1.59. The first-order chi connectivity index (χ1) is 13.4. The molecule has 0 saturated carbocycles. The van der Waals surface area contributed by atoms with Crippen LogP contribution in [0.15, 0.2) is 39.1 Å². The Kier molecular flexibility index (Phi) is 3.24. The van der Waals surface area contributed by atoms with Crippen molar-refractivity contribution >= 4 is 34.7 Å². The van der Waals surface area contributed by atoms with Gasteiger partial charge in [0.15, 0.2) is 0 Å². The monoisotopic (exact) mass is 390 g/mol. The standard InChI is InChI=1S/C20H14N4O3S/c1-9-3-6-13-15-12(8-21)20-24(19(26)16(15)17(22)23(9)13)18(25)14(28-20)7-11-5-4-10(2)27-11/h3-7,15H,22H2,1-2H3. The van der Waals surface area contributed by atoms with Gasteiger partial charge in [-0.2, -0.15) is 5.26 Å². The zero-order chi connectivity index (χ0) is 19.7. The number of aryl methyl sites for hydroxylation is 2. The van der Waals surface area contributed by atoms with E-state index in [4.69, 9.17) is 10.2 Å². The lowest BCUT2D eigenvalue weighted by Crippen LogP contribution is -2.42. The van der Waals surface area contributed by atoms with E-state index in [-0.39, 0.29) is 11.4 Å². The quantitative estimate of drug-likeness (QED) is 0.667. The summed E-state index contributed by atoms with van der Waals surface area (Å²) in [4.78, 5) is 26.2. The lowest BCUT2D eigenvalue weighted by molar-refractivity contribution is 0.0942. The fourth-order valence-electron chi connectivity index (χ4n) is 3.92. The minimum atomic E-state index is -0.553. The van der Waals surface area contributed by atoms with E-state index >= 15 is 0 Å². The molecule has 138 valence electrons. The molecule has 1 unspecified atom stereocenters. The second-order valence-corrected chi connectivity index (χ2v) is 7.83. The van der Waals surface area contributed by atoms with E-state index in [9.17, 15) is 14.9 Å². The van der Waals surface area contributed by atoms with Gasteiger partial charge in [0.1, 0.15) is 22.0 Å². The first kappa shape index (κ1) is 16.6. The number of carbonyl (C=O) groups is 1. The van der Waals surface area contributed by atoms with Crippen LogP contribution < -0.4 is 20.5 Å². The molecule has 0 amide bonds. The number of nitrogens with zero attached hydrogens (tertiary/aromatic N) is 3. The Labute approximate surface area is 162 Å². The number of allylic oxidation sites excluding steroid dienone is 1. The average molecular weight is 390 g/mol. The highest BCUT2D eigenvalue weighted by atomic mass is 32.1. The first-order valence-corrected chi connectivity index (χ1v) is 9.41. The maximum Gasteiger partial charge on any atom is 0.276 e. The summed E-state index contributed by atoms with van der Waals surface area (Å²) < 4.78 is 9.02. The van der Waals surface area contributed by atoms with Crippen LogP contribution in [0.3, 0.4) is 0 Å². The van der Waals surface area contributed by atoms with Crippen LogP contribution in [0.5, 0.6) is 0 Å². The number of thiazole rings is 1. The third kappa shape index (κ3) is 1.96. The van der Waals surface area contributed by atoms with Gasteiger partial charge in [0, 0.05) is 17.5 Å². The van der Waals surface area contributed by atoms with Crippen LogP contribution in [0, 0.1) is 25.2 Å². The van der Waals surface area contributed by atoms with Crippen LogP contribution in [0.4, 0.5) is 0 Å². The molecule has 5 heterocycles. The molecule has 7 nitrogen and oxygen atoms in total. The Morgan fingerprint density at radius 3 is 2.68 bits per heavy atom. The van der Waals surface area contributed by atoms with Crippen molar-refractivity contribution in [1.29, 1.82) is 5.26 Å². The molecule has 1 atom stereocenters. The predicted molar refractivity (Wildman–Crippen MR) is 104 cm³/mol. The van der Waals surface area contributed by atoms with Gasteiger partial charge in [-0.25, -0.2) is 4.57 Å². The van der Waals surface area contributed by atoms with Crippen LogP contribution >= 0.6 is 11.3 Å². The Morgan fingerprint density at radius 2 is 2.00 bits per heavy atom. The molecule has 0 fully saturated rings. The van der Waals surface area contributed by atoms with Crippen LogP contribution in [0.25, 0.3) is 17.5 Å². The summed E-state index contributed by atoms with van der Waals surface area (Å²) in [5.41, 5.74) is 8.06. The van der Waals surface area contributed by atoms with Crippen LogP contribution in [-0.2, 0) is 0 Å². The topological polar surface area (TPSA) is 107 Å². The summed E-state index contributed by atoms with van der Waals surface area (Å²) in [5.74, 6) is 0.482. The average Bonchev–Trinajstić information content (AvgIpc) is 3.38. The number of hydrogen-bond donors (Lipinski definition) is 1. The van der Waals surface area contributed by atoms with E-state index in [2.05, 4.69) is 6.07 Å². The molecule has 0 aliphatic carbocycles. The molecule has 2 aliphatic heterocycles. The lowest BCUT2D eigenvalue weighted by atomic mass is 9.88. The number of rotatable bonds is 1. The molecule has 0 bridgehead atoms. The number of nitriles is 1. The number of fused-ring (bicyclic) bond motifs is 4. The number of aromatic nitrogens is 2. The van der Waals surface area contributed by atoms with Gasteiger partial charge in [-0.05, 0) is 38.1 Å². The molecule has 3 aromatic heterocycles. The third-order valence-corrected chi connectivity index (χ3v) is 6.25. The molecule has 5 rings (SSSR count). The van der Waals surface area contributed by atoms with Crippen molar-refractivity contribution < 1.29 is 9.21 Å². The van der Waals surface area contributed by atoms with Crippen molar-refractivity contribution in [1.82, 2.24) is 9.13 Å². The molecule has 3 aromatic rings. The second-order valence-electron chi connectivity index (χ2n) is 6.80. The van der Waals surface area contributed by atoms with Crippen molar-refractivity contribution in [2.75, 3.05) is 0 Å². The molecule has 28 heavy (non-hydrogen) atoms. The Morgan fingerprint density at radius 1 is 1.21 bits per heavy atom. The highest BCUT2D eigenvalue weighted by Gasteiger charge is 2.43. The molecule has 8 heteroatoms. The third-order valence-electron chi connectivity index (χ3n) is 5.14. The SMILES string of the molecule is Cc1ccc(C=c2sc3n(c2=O)C(=O)C2=C(N)n4c(C)ccc4C2C=3C#N)o1. The Hall–Kier alpha value is -3.57. The van der Waals surface area contributed by atoms with Crippen molar-refractivity contribution in [2.45, 2.75) is 19.8 Å². The molecule has 0 aromatic carbocycles. The van der Waals surface area contributed by atoms with E-state index < -0.39 is 17.4 Å². The van der Waals surface area contributed by atoms with E-state index in [1.165, 1.54) is 0 Å². The maximum absolute atomic E-state index is 13.2. The van der Waals surface area contributed by atoms with Crippen molar-refractivity contribution in [3.8, 4) is 6.07 Å². The molecular formula is C20H14N4O3S. The minimum absolute atomic E-state index is 0.274. The number of nitrogens with two attached hydrogens (primary N) is 1. The lowest BCUT2D eigenvalue weighted by Gasteiger charge is -2.18. The molecule has 0 spiro atoms. The predicted octanol–water partition coefficient (Wildman–Crippen LogP) is 1.00. The molecule has 2 aliphatic rings. The zero-order valence-corrected chi connectivity index (χ0v) is 15.8. The summed E-state index contributed by atoms with van der Waals surface area (Å²) >= 11 is 1.12. The van der Waals surface area contributed by atoms with Gasteiger partial charge in [0.2, 0.25) is 0 Å². The van der Waals surface area contributed by atoms with Gasteiger partial charge < -0.3 is 14.7 Å². The van der Waals surface area contributed by atoms with Crippen LogP contribution in [0.2, 0.25) is 0 Å². The Balaban J connectivity index is 1.86. The summed E-state index contributed by atoms with van der Waals surface area (Å²) in [7, 11) is 0. The highest BCUT2D eigenvalue weighted by molar-refractivity contribution is 7.07. The summed E-state index contributed by atoms with van der Waals surface area (Å²) in [5, 5.41) is 9.87. The largest absolute Gasteiger partial charge is 0.462 e. The van der Waals surface area contributed by atoms with Crippen molar-refractivity contribution in [3.63, 3.8) is 0 Å². The number of hydrogen-bond acceptors (Lipinski definition) is 6. The molecule has 0 radical (unpaired) electrons. The van der Waals surface area contributed by atoms with Crippen molar-refractivity contribution in [2.24, 2.45) is 5.73 Å². The van der Waals surface area contributed by atoms with Gasteiger partial charge in [0.25, 0.3) is 11.5 Å². The van der Waals surface area contributed by atoms with Gasteiger partial charge in [0.05, 0.1) is 27.7 Å². The minimum Gasteiger partial charge on any atom is -0.462 e. The van der Waals surface area contributed by atoms with E-state index in [0.717, 1.165) is 33.1 Å². The fourth-order valence-corrected chi connectivity index (χ4v) is 5.01. The molecular weight excluding hydrogens is 376 g/mol. The van der Waals surface area contributed by atoms with E-state index in [0.29, 0.717) is 20.5 Å². The zero-order valence-electron chi connectivity index (χ0n) is 15.0. The van der Waals surface area contributed by atoms with E-state index in [1.54, 1.807) is 22.8 Å². The van der Waals surface area contributed by atoms with Gasteiger partial charge in [-0.1, -0.05) is 0 Å². The van der Waals surface area contributed by atoms with Crippen LogP contribution in [-0.4, -0.2) is 15.0 Å². The van der Waals surface area contributed by atoms with Crippen LogP contribution in [0.1, 0.15) is 33.6 Å². The maximum atomic E-state index is 13.2. The second kappa shape index (κ2) is 5.47. The molecule has 2 N–H and O–H groups in total. The fraction of sp³-hybridized carbons (Fsp3) is 0.150. The summed E-state index contributed by atoms with van der Waals surface area (Å²) in [6, 6.07) is 9.51. The number of furan rings is 1. The normalized spacial score (nSPS) is 18.3. The molecule has 0 saturated heterocycles. The van der Waals surface area contributed by atoms with Gasteiger partial charge in [-0.3, -0.25) is 9.59 Å². The van der Waals surface area contributed by atoms with Crippen molar-refractivity contribution in [3.05, 3.63) is 72.3 Å². The van der Waals surface area contributed by atoms with E-state index in [1.807, 2.05) is 26.0 Å².